The van der Waals surface area contributed by atoms with Crippen molar-refractivity contribution >= 4 is 28.1 Å². The van der Waals surface area contributed by atoms with Crippen LogP contribution in [0.1, 0.15) is 26.3 Å². The van der Waals surface area contributed by atoms with Crippen LogP contribution in [0.5, 0.6) is 5.75 Å². The van der Waals surface area contributed by atoms with Gasteiger partial charge in [0.15, 0.2) is 0 Å². The van der Waals surface area contributed by atoms with Crippen LogP contribution in [-0.4, -0.2) is 24.6 Å². The molecule has 8 heteroatoms. The highest BCUT2D eigenvalue weighted by Crippen LogP contribution is 2.28. The minimum absolute atomic E-state index is 0.224. The summed E-state index contributed by atoms with van der Waals surface area (Å²) in [7, 11) is 0. The Balaban J connectivity index is 2.56. The van der Waals surface area contributed by atoms with Gasteiger partial charge in [-0.15, -0.1) is 13.2 Å². The molecule has 0 radical (unpaired) electrons. The first-order valence-electron chi connectivity index (χ1n) is 6.65. The average Bonchev–Trinajstić information content (AvgIpc) is 2.32. The monoisotopic (exact) mass is 395 g/mol. The Morgan fingerprint density at radius 2 is 1.96 bits per heavy atom. The SMILES string of the molecule is CC(C)(C)OC(=O)NCC=Cc1ccc(OC(F)(F)F)cc1Br. The molecule has 0 aliphatic heterocycles. The molecule has 0 unspecified atom stereocenters. The minimum atomic E-state index is -4.73. The molecule has 23 heavy (non-hydrogen) atoms. The smallest absolute Gasteiger partial charge is 0.444 e. The Hall–Kier alpha value is -1.70. The molecule has 0 bridgehead atoms. The molecule has 0 fully saturated rings. The third-order valence-corrected chi connectivity index (χ3v) is 2.95. The molecule has 0 aromatic heterocycles. The standard InChI is InChI=1S/C15H17BrF3NO3/c1-14(2,3)23-13(21)20-8-4-5-10-6-7-11(9-12(10)16)22-15(17,18)19/h4-7,9H,8H2,1-3H3,(H,20,21). The number of hydrogen-bond donors (Lipinski definition) is 1. The van der Waals surface area contributed by atoms with E-state index in [1.165, 1.54) is 18.2 Å². The van der Waals surface area contributed by atoms with Crippen LogP contribution in [0.15, 0.2) is 28.7 Å². The second-order valence-electron chi connectivity index (χ2n) is 5.52. The van der Waals surface area contributed by atoms with Gasteiger partial charge in [0.05, 0.1) is 0 Å². The molecule has 0 aliphatic carbocycles. The van der Waals surface area contributed by atoms with E-state index < -0.39 is 18.1 Å². The summed E-state index contributed by atoms with van der Waals surface area (Å²) in [5.74, 6) is -0.312. The second-order valence-corrected chi connectivity index (χ2v) is 6.37. The predicted molar refractivity (Wildman–Crippen MR) is 84.1 cm³/mol. The van der Waals surface area contributed by atoms with Gasteiger partial charge in [-0.05, 0) is 38.5 Å². The highest BCUT2D eigenvalue weighted by atomic mass is 79.9. The molecule has 0 spiro atoms. The van der Waals surface area contributed by atoms with Crippen molar-refractivity contribution in [1.29, 1.82) is 0 Å². The van der Waals surface area contributed by atoms with Gasteiger partial charge in [-0.2, -0.15) is 0 Å². The van der Waals surface area contributed by atoms with Crippen molar-refractivity contribution in [2.45, 2.75) is 32.7 Å². The zero-order chi connectivity index (χ0) is 17.7. The second kappa shape index (κ2) is 7.72. The molecule has 0 saturated heterocycles. The normalized spacial score (nSPS) is 12.3. The molecule has 0 aliphatic rings. The first-order valence-corrected chi connectivity index (χ1v) is 7.44. The number of carbonyl (C=O) groups is 1. The number of hydrogen-bond acceptors (Lipinski definition) is 3. The molecular weight excluding hydrogens is 379 g/mol. The lowest BCUT2D eigenvalue weighted by molar-refractivity contribution is -0.274. The summed E-state index contributed by atoms with van der Waals surface area (Å²) in [5.41, 5.74) is 0.0658. The third-order valence-electron chi connectivity index (χ3n) is 2.27. The highest BCUT2D eigenvalue weighted by molar-refractivity contribution is 9.10. The predicted octanol–water partition coefficient (Wildman–Crippen LogP) is 4.89. The van der Waals surface area contributed by atoms with Crippen molar-refractivity contribution in [3.05, 3.63) is 34.3 Å². The van der Waals surface area contributed by atoms with Crippen LogP contribution in [0, 0.1) is 0 Å². The summed E-state index contributed by atoms with van der Waals surface area (Å²) in [5, 5.41) is 2.53. The quantitative estimate of drug-likeness (QED) is 0.789. The van der Waals surface area contributed by atoms with Crippen LogP contribution >= 0.6 is 15.9 Å². The summed E-state index contributed by atoms with van der Waals surface area (Å²) < 4.78 is 45.6. The fraction of sp³-hybridized carbons (Fsp3) is 0.400. The van der Waals surface area contributed by atoms with Crippen molar-refractivity contribution in [2.75, 3.05) is 6.54 Å². The van der Waals surface area contributed by atoms with Crippen LogP contribution in [0.25, 0.3) is 6.08 Å². The van der Waals surface area contributed by atoms with Gasteiger partial charge in [0, 0.05) is 11.0 Å². The van der Waals surface area contributed by atoms with Gasteiger partial charge < -0.3 is 14.8 Å². The van der Waals surface area contributed by atoms with Gasteiger partial charge in [-0.1, -0.05) is 34.1 Å². The number of nitrogens with one attached hydrogen (secondary N) is 1. The summed E-state index contributed by atoms with van der Waals surface area (Å²) in [6.07, 6.45) is -1.98. The molecule has 1 amide bonds. The maximum Gasteiger partial charge on any atom is 0.573 e. The van der Waals surface area contributed by atoms with Crippen LogP contribution < -0.4 is 10.1 Å². The van der Waals surface area contributed by atoms with Gasteiger partial charge in [0.1, 0.15) is 11.4 Å². The molecule has 1 aromatic carbocycles. The van der Waals surface area contributed by atoms with Gasteiger partial charge >= 0.3 is 12.5 Å². The zero-order valence-corrected chi connectivity index (χ0v) is 14.4. The van der Waals surface area contributed by atoms with E-state index in [4.69, 9.17) is 4.74 Å². The molecule has 4 nitrogen and oxygen atoms in total. The Labute approximate surface area is 140 Å². The third kappa shape index (κ3) is 8.49. The van der Waals surface area contributed by atoms with Gasteiger partial charge in [0.25, 0.3) is 0 Å². The van der Waals surface area contributed by atoms with Crippen LogP contribution in [0.2, 0.25) is 0 Å². The van der Waals surface area contributed by atoms with E-state index in [1.807, 2.05) is 0 Å². The van der Waals surface area contributed by atoms with Crippen molar-refractivity contribution in [3.63, 3.8) is 0 Å². The van der Waals surface area contributed by atoms with Gasteiger partial charge in [-0.25, -0.2) is 4.79 Å². The molecule has 0 atom stereocenters. The van der Waals surface area contributed by atoms with E-state index in [2.05, 4.69) is 26.0 Å². The maximum absolute atomic E-state index is 12.1. The van der Waals surface area contributed by atoms with E-state index in [1.54, 1.807) is 32.9 Å². The fourth-order valence-corrected chi connectivity index (χ4v) is 1.97. The Morgan fingerprint density at radius 3 is 2.48 bits per heavy atom. The topological polar surface area (TPSA) is 47.6 Å². The van der Waals surface area contributed by atoms with Crippen molar-refractivity contribution in [2.24, 2.45) is 0 Å². The Morgan fingerprint density at radius 1 is 1.30 bits per heavy atom. The molecular formula is C15H17BrF3NO3. The number of alkyl carbamates (subject to hydrolysis) is 1. The van der Waals surface area contributed by atoms with Crippen LogP contribution in [0.4, 0.5) is 18.0 Å². The first kappa shape index (κ1) is 19.3. The first-order chi connectivity index (χ1) is 10.5. The summed E-state index contributed by atoms with van der Waals surface area (Å²) in [6.45, 7) is 5.49. The lowest BCUT2D eigenvalue weighted by atomic mass is 10.2. The molecule has 1 N–H and O–H groups in total. The molecule has 0 heterocycles. The van der Waals surface area contributed by atoms with Crippen molar-refractivity contribution in [3.8, 4) is 5.75 Å². The minimum Gasteiger partial charge on any atom is -0.444 e. The summed E-state index contributed by atoms with van der Waals surface area (Å²) in [4.78, 5) is 11.4. The zero-order valence-electron chi connectivity index (χ0n) is 12.8. The van der Waals surface area contributed by atoms with E-state index in [0.717, 1.165) is 0 Å². The maximum atomic E-state index is 12.1. The average molecular weight is 396 g/mol. The van der Waals surface area contributed by atoms with Crippen molar-refractivity contribution < 1.29 is 27.4 Å². The Bertz CT molecular complexity index is 580. The number of alkyl halides is 3. The lowest BCUT2D eigenvalue weighted by Crippen LogP contribution is -2.32. The lowest BCUT2D eigenvalue weighted by Gasteiger charge is -2.19. The number of rotatable bonds is 4. The number of benzene rings is 1. The number of ether oxygens (including phenoxy) is 2. The molecule has 128 valence electrons. The molecule has 1 rings (SSSR count). The number of carbonyl (C=O) groups excluding carboxylic acids is 1. The largest absolute Gasteiger partial charge is 0.573 e. The number of amides is 1. The highest BCUT2D eigenvalue weighted by Gasteiger charge is 2.31. The molecule has 0 saturated carbocycles. The van der Waals surface area contributed by atoms with Crippen LogP contribution in [0.3, 0.4) is 0 Å². The van der Waals surface area contributed by atoms with E-state index in [9.17, 15) is 18.0 Å². The summed E-state index contributed by atoms with van der Waals surface area (Å²) >= 11 is 3.16. The van der Waals surface area contributed by atoms with Gasteiger partial charge in [0.2, 0.25) is 0 Å². The fourth-order valence-electron chi connectivity index (χ4n) is 1.48. The van der Waals surface area contributed by atoms with E-state index >= 15 is 0 Å². The summed E-state index contributed by atoms with van der Waals surface area (Å²) in [6, 6.07) is 3.89. The van der Waals surface area contributed by atoms with Crippen LogP contribution in [-0.2, 0) is 4.74 Å². The van der Waals surface area contributed by atoms with E-state index in [-0.39, 0.29) is 12.3 Å². The van der Waals surface area contributed by atoms with E-state index in [0.29, 0.717) is 10.0 Å². The molecule has 1 aromatic rings. The Kier molecular flexibility index (Phi) is 6.49. The van der Waals surface area contributed by atoms with Gasteiger partial charge in [-0.3, -0.25) is 0 Å². The number of halogens is 4. The van der Waals surface area contributed by atoms with Crippen molar-refractivity contribution in [1.82, 2.24) is 5.32 Å².